The van der Waals surface area contributed by atoms with Crippen molar-refractivity contribution >= 4 is 42.3 Å². The molecule has 1 nitrogen and oxygen atoms in total. The SMILES string of the molecule is CC(C)c1ccc2c(-c3cccc4c3sc3c(C(C)C)cccc34)nccc2c1. The van der Waals surface area contributed by atoms with E-state index in [1.807, 2.05) is 17.5 Å². The van der Waals surface area contributed by atoms with Crippen molar-refractivity contribution in [3.8, 4) is 11.3 Å². The summed E-state index contributed by atoms with van der Waals surface area (Å²) in [5.74, 6) is 1.04. The minimum absolute atomic E-state index is 0.514. The Morgan fingerprint density at radius 3 is 2.24 bits per heavy atom. The Hall–Kier alpha value is -2.71. The second-order valence-electron chi connectivity index (χ2n) is 8.46. The summed E-state index contributed by atoms with van der Waals surface area (Å²) in [6, 6.07) is 22.3. The number of hydrogen-bond donors (Lipinski definition) is 0. The first-order chi connectivity index (χ1) is 14.0. The van der Waals surface area contributed by atoms with Gasteiger partial charge < -0.3 is 0 Å². The van der Waals surface area contributed by atoms with Crippen LogP contribution < -0.4 is 0 Å². The van der Waals surface area contributed by atoms with Gasteiger partial charge in [0.05, 0.1) is 5.69 Å². The van der Waals surface area contributed by atoms with E-state index < -0.39 is 0 Å². The monoisotopic (exact) mass is 395 g/mol. The molecule has 5 aromatic rings. The Labute approximate surface area is 176 Å². The maximum Gasteiger partial charge on any atom is 0.0794 e. The summed E-state index contributed by atoms with van der Waals surface area (Å²) in [5, 5.41) is 5.19. The normalized spacial score (nSPS) is 12.1. The molecule has 0 bridgehead atoms. The van der Waals surface area contributed by atoms with Crippen molar-refractivity contribution in [2.75, 3.05) is 0 Å². The predicted molar refractivity (Wildman–Crippen MR) is 128 cm³/mol. The van der Waals surface area contributed by atoms with Crippen LogP contribution in [0.15, 0.2) is 66.9 Å². The first-order valence-electron chi connectivity index (χ1n) is 10.4. The van der Waals surface area contributed by atoms with Crippen LogP contribution in [0.3, 0.4) is 0 Å². The maximum absolute atomic E-state index is 4.84. The lowest BCUT2D eigenvalue weighted by atomic mass is 9.96. The highest BCUT2D eigenvalue weighted by atomic mass is 32.1. The van der Waals surface area contributed by atoms with Crippen molar-refractivity contribution in [1.29, 1.82) is 0 Å². The molecule has 0 spiro atoms. The second-order valence-corrected chi connectivity index (χ2v) is 9.48. The van der Waals surface area contributed by atoms with Crippen LogP contribution in [-0.4, -0.2) is 4.98 Å². The molecule has 0 radical (unpaired) electrons. The summed E-state index contributed by atoms with van der Waals surface area (Å²) in [5.41, 5.74) is 5.13. The van der Waals surface area contributed by atoms with Gasteiger partial charge in [-0.2, -0.15) is 0 Å². The number of thiophene rings is 1. The van der Waals surface area contributed by atoms with Gasteiger partial charge in [0, 0.05) is 37.3 Å². The van der Waals surface area contributed by atoms with Crippen molar-refractivity contribution in [3.05, 3.63) is 78.0 Å². The molecule has 0 unspecified atom stereocenters. The quantitative estimate of drug-likeness (QED) is 0.298. The number of benzene rings is 3. The first kappa shape index (κ1) is 18.3. The number of pyridine rings is 1. The largest absolute Gasteiger partial charge is 0.256 e. The van der Waals surface area contributed by atoms with E-state index >= 15 is 0 Å². The molecule has 0 aliphatic carbocycles. The van der Waals surface area contributed by atoms with Gasteiger partial charge >= 0.3 is 0 Å². The van der Waals surface area contributed by atoms with Crippen LogP contribution in [0.4, 0.5) is 0 Å². The van der Waals surface area contributed by atoms with Gasteiger partial charge in [0.2, 0.25) is 0 Å². The van der Waals surface area contributed by atoms with Crippen LogP contribution in [0.2, 0.25) is 0 Å². The Bertz CT molecular complexity index is 1360. The molecule has 0 saturated carbocycles. The lowest BCUT2D eigenvalue weighted by molar-refractivity contribution is 0.869. The second kappa shape index (κ2) is 6.96. The minimum atomic E-state index is 0.514. The van der Waals surface area contributed by atoms with E-state index in [0.29, 0.717) is 11.8 Å². The van der Waals surface area contributed by atoms with E-state index in [1.165, 1.54) is 47.6 Å². The third-order valence-electron chi connectivity index (χ3n) is 5.89. The third kappa shape index (κ3) is 2.94. The van der Waals surface area contributed by atoms with Gasteiger partial charge in [-0.1, -0.05) is 82.3 Å². The molecule has 2 heteroatoms. The van der Waals surface area contributed by atoms with Gasteiger partial charge in [-0.15, -0.1) is 11.3 Å². The number of rotatable bonds is 3. The molecule has 0 fully saturated rings. The molecule has 0 atom stereocenters. The van der Waals surface area contributed by atoms with Crippen LogP contribution in [0.5, 0.6) is 0 Å². The van der Waals surface area contributed by atoms with Crippen LogP contribution in [0.1, 0.15) is 50.7 Å². The lowest BCUT2D eigenvalue weighted by Crippen LogP contribution is -1.90. The van der Waals surface area contributed by atoms with Crippen molar-refractivity contribution in [1.82, 2.24) is 4.98 Å². The lowest BCUT2D eigenvalue weighted by Gasteiger charge is -2.10. The van der Waals surface area contributed by atoms with Gasteiger partial charge in [0.25, 0.3) is 0 Å². The smallest absolute Gasteiger partial charge is 0.0794 e. The summed E-state index contributed by atoms with van der Waals surface area (Å²) >= 11 is 1.91. The van der Waals surface area contributed by atoms with Gasteiger partial charge in [0.15, 0.2) is 0 Å². The van der Waals surface area contributed by atoms with Crippen molar-refractivity contribution in [3.63, 3.8) is 0 Å². The molecule has 3 aromatic carbocycles. The minimum Gasteiger partial charge on any atom is -0.256 e. The van der Waals surface area contributed by atoms with E-state index in [-0.39, 0.29) is 0 Å². The average molecular weight is 396 g/mol. The summed E-state index contributed by atoms with van der Waals surface area (Å²) in [6.07, 6.45) is 1.95. The summed E-state index contributed by atoms with van der Waals surface area (Å²) in [4.78, 5) is 4.84. The first-order valence-corrected chi connectivity index (χ1v) is 11.2. The molecule has 0 N–H and O–H groups in total. The van der Waals surface area contributed by atoms with Crippen LogP contribution >= 0.6 is 11.3 Å². The number of nitrogens with zero attached hydrogens (tertiary/aromatic N) is 1. The zero-order valence-corrected chi connectivity index (χ0v) is 18.2. The van der Waals surface area contributed by atoms with E-state index in [1.54, 1.807) is 0 Å². The fourth-order valence-corrected chi connectivity index (χ4v) is 5.73. The summed E-state index contributed by atoms with van der Waals surface area (Å²) in [6.45, 7) is 9.04. The fraction of sp³-hybridized carbons (Fsp3) is 0.222. The molecular formula is C27H25NS. The molecule has 0 saturated heterocycles. The molecule has 0 aliphatic rings. The zero-order chi connectivity index (χ0) is 20.1. The molecule has 5 rings (SSSR count). The van der Waals surface area contributed by atoms with Crippen molar-refractivity contribution in [2.24, 2.45) is 0 Å². The zero-order valence-electron chi connectivity index (χ0n) is 17.4. The molecule has 0 aliphatic heterocycles. The van der Waals surface area contributed by atoms with Gasteiger partial charge in [-0.3, -0.25) is 4.98 Å². The third-order valence-corrected chi connectivity index (χ3v) is 7.19. The van der Waals surface area contributed by atoms with Gasteiger partial charge in [-0.25, -0.2) is 0 Å². The van der Waals surface area contributed by atoms with Crippen LogP contribution in [-0.2, 0) is 0 Å². The van der Waals surface area contributed by atoms with Crippen LogP contribution in [0, 0.1) is 0 Å². The highest BCUT2D eigenvalue weighted by molar-refractivity contribution is 7.26. The predicted octanol–water partition coefficient (Wildman–Crippen LogP) is 8.52. The van der Waals surface area contributed by atoms with Crippen molar-refractivity contribution < 1.29 is 0 Å². The molecular weight excluding hydrogens is 370 g/mol. The molecule has 144 valence electrons. The average Bonchev–Trinajstić information content (AvgIpc) is 3.11. The van der Waals surface area contributed by atoms with Gasteiger partial charge in [0.1, 0.15) is 0 Å². The van der Waals surface area contributed by atoms with E-state index in [4.69, 9.17) is 4.98 Å². The molecule has 29 heavy (non-hydrogen) atoms. The Morgan fingerprint density at radius 2 is 1.48 bits per heavy atom. The Morgan fingerprint density at radius 1 is 0.724 bits per heavy atom. The highest BCUT2D eigenvalue weighted by Crippen LogP contribution is 2.43. The summed E-state index contributed by atoms with van der Waals surface area (Å²) < 4.78 is 2.75. The molecule has 2 aromatic heterocycles. The Kier molecular flexibility index (Phi) is 4.40. The summed E-state index contributed by atoms with van der Waals surface area (Å²) in [7, 11) is 0. The number of aromatic nitrogens is 1. The van der Waals surface area contributed by atoms with Crippen LogP contribution in [0.25, 0.3) is 42.2 Å². The topological polar surface area (TPSA) is 12.9 Å². The number of fused-ring (bicyclic) bond motifs is 4. The standard InChI is InChI=1S/C27H25NS/c1-16(2)18-11-12-21-19(15-18)13-14-28-25(21)24-10-6-9-23-22-8-5-7-20(17(3)4)26(22)29-27(23)24/h5-17H,1-4H3. The maximum atomic E-state index is 4.84. The highest BCUT2D eigenvalue weighted by Gasteiger charge is 2.16. The van der Waals surface area contributed by atoms with Crippen molar-refractivity contribution in [2.45, 2.75) is 39.5 Å². The van der Waals surface area contributed by atoms with E-state index in [9.17, 15) is 0 Å². The molecule has 0 amide bonds. The fourth-order valence-electron chi connectivity index (χ4n) is 4.25. The van der Waals surface area contributed by atoms with E-state index in [2.05, 4.69) is 88.4 Å². The molecule has 2 heterocycles. The Balaban J connectivity index is 1.82. The van der Waals surface area contributed by atoms with E-state index in [0.717, 1.165) is 5.69 Å². The van der Waals surface area contributed by atoms with Gasteiger partial charge in [-0.05, 0) is 34.4 Å². The number of hydrogen-bond acceptors (Lipinski definition) is 2.